The number of anilines is 1. The average Bonchev–Trinajstić information content (AvgIpc) is 2.64. The van der Waals surface area contributed by atoms with Crippen LogP contribution >= 0.6 is 11.6 Å². The lowest BCUT2D eigenvalue weighted by molar-refractivity contribution is 0.767. The summed E-state index contributed by atoms with van der Waals surface area (Å²) in [6.07, 6.45) is 6.19. The van der Waals surface area contributed by atoms with Gasteiger partial charge >= 0.3 is 0 Å². The van der Waals surface area contributed by atoms with Gasteiger partial charge in [0.15, 0.2) is 0 Å². The quantitative estimate of drug-likeness (QED) is 0.820. The van der Waals surface area contributed by atoms with Crippen LogP contribution in [0.25, 0.3) is 0 Å². The van der Waals surface area contributed by atoms with Gasteiger partial charge in [-0.25, -0.2) is 9.97 Å². The SMILES string of the molecule is Cn1cc(CCNc2cc(Cl)ncn2)cn1. The predicted octanol–water partition coefficient (Wildman–Crippen LogP) is 1.52. The second kappa shape index (κ2) is 4.94. The highest BCUT2D eigenvalue weighted by Gasteiger charge is 1.98. The van der Waals surface area contributed by atoms with Crippen LogP contribution in [-0.4, -0.2) is 26.3 Å². The van der Waals surface area contributed by atoms with Crippen LogP contribution in [0.15, 0.2) is 24.8 Å². The predicted molar refractivity (Wildman–Crippen MR) is 62.4 cm³/mol. The van der Waals surface area contributed by atoms with Crippen molar-refractivity contribution in [2.75, 3.05) is 11.9 Å². The molecule has 0 aliphatic heterocycles. The number of hydrogen-bond acceptors (Lipinski definition) is 4. The minimum absolute atomic E-state index is 0.443. The monoisotopic (exact) mass is 237 g/mol. The van der Waals surface area contributed by atoms with Gasteiger partial charge in [0, 0.05) is 25.9 Å². The van der Waals surface area contributed by atoms with Gasteiger partial charge in [0.05, 0.1) is 6.20 Å². The molecule has 0 atom stereocenters. The van der Waals surface area contributed by atoms with Gasteiger partial charge in [-0.1, -0.05) is 11.6 Å². The maximum Gasteiger partial charge on any atom is 0.134 e. The largest absolute Gasteiger partial charge is 0.370 e. The summed E-state index contributed by atoms with van der Waals surface area (Å²) in [5.41, 5.74) is 1.19. The van der Waals surface area contributed by atoms with Crippen molar-refractivity contribution < 1.29 is 0 Å². The fourth-order valence-corrected chi connectivity index (χ4v) is 1.51. The van der Waals surface area contributed by atoms with Gasteiger partial charge in [-0.05, 0) is 12.0 Å². The van der Waals surface area contributed by atoms with Crippen LogP contribution in [-0.2, 0) is 13.5 Å². The lowest BCUT2D eigenvalue weighted by Gasteiger charge is -2.03. The van der Waals surface area contributed by atoms with E-state index in [0.29, 0.717) is 5.15 Å². The molecule has 0 radical (unpaired) electrons. The highest BCUT2D eigenvalue weighted by atomic mass is 35.5. The Morgan fingerprint density at radius 1 is 1.44 bits per heavy atom. The Labute approximate surface area is 98.5 Å². The van der Waals surface area contributed by atoms with E-state index in [1.54, 1.807) is 10.7 Å². The van der Waals surface area contributed by atoms with E-state index in [-0.39, 0.29) is 0 Å². The molecule has 16 heavy (non-hydrogen) atoms. The molecule has 2 rings (SSSR count). The third-order valence-electron chi connectivity index (χ3n) is 2.11. The molecule has 2 aromatic heterocycles. The van der Waals surface area contributed by atoms with Gasteiger partial charge in [-0.2, -0.15) is 5.10 Å². The van der Waals surface area contributed by atoms with Crippen molar-refractivity contribution in [3.8, 4) is 0 Å². The molecule has 0 aromatic carbocycles. The van der Waals surface area contributed by atoms with E-state index >= 15 is 0 Å². The maximum atomic E-state index is 5.74. The van der Waals surface area contributed by atoms with Crippen molar-refractivity contribution in [3.05, 3.63) is 35.5 Å². The highest BCUT2D eigenvalue weighted by Crippen LogP contribution is 2.08. The van der Waals surface area contributed by atoms with Gasteiger partial charge in [0.2, 0.25) is 0 Å². The summed E-state index contributed by atoms with van der Waals surface area (Å²) < 4.78 is 1.79. The Morgan fingerprint density at radius 3 is 3.00 bits per heavy atom. The lowest BCUT2D eigenvalue weighted by atomic mass is 10.2. The first kappa shape index (κ1) is 10.9. The smallest absolute Gasteiger partial charge is 0.134 e. The van der Waals surface area contributed by atoms with Crippen molar-refractivity contribution in [3.63, 3.8) is 0 Å². The number of rotatable bonds is 4. The summed E-state index contributed by atoms with van der Waals surface area (Å²) in [6.45, 7) is 0.791. The molecule has 0 fully saturated rings. The zero-order valence-corrected chi connectivity index (χ0v) is 9.65. The van der Waals surface area contributed by atoms with Crippen LogP contribution in [0.5, 0.6) is 0 Å². The molecule has 0 saturated heterocycles. The van der Waals surface area contributed by atoms with Crippen molar-refractivity contribution in [1.82, 2.24) is 19.7 Å². The van der Waals surface area contributed by atoms with Crippen molar-refractivity contribution in [2.24, 2.45) is 7.05 Å². The molecule has 5 nitrogen and oxygen atoms in total. The third kappa shape index (κ3) is 2.93. The molecule has 0 spiro atoms. The second-order valence-electron chi connectivity index (χ2n) is 3.43. The second-order valence-corrected chi connectivity index (χ2v) is 3.81. The molecule has 2 heterocycles. The van der Waals surface area contributed by atoms with Crippen LogP contribution in [0.1, 0.15) is 5.56 Å². The third-order valence-corrected chi connectivity index (χ3v) is 2.32. The molecule has 6 heteroatoms. The minimum atomic E-state index is 0.443. The number of nitrogens with zero attached hydrogens (tertiary/aromatic N) is 4. The zero-order valence-electron chi connectivity index (χ0n) is 8.89. The Balaban J connectivity index is 1.84. The van der Waals surface area contributed by atoms with Gasteiger partial charge in [-0.15, -0.1) is 0 Å². The van der Waals surface area contributed by atoms with E-state index in [9.17, 15) is 0 Å². The van der Waals surface area contributed by atoms with Crippen LogP contribution in [0.3, 0.4) is 0 Å². The van der Waals surface area contributed by atoms with Gasteiger partial charge in [0.25, 0.3) is 0 Å². The lowest BCUT2D eigenvalue weighted by Crippen LogP contribution is -2.05. The van der Waals surface area contributed by atoms with Crippen molar-refractivity contribution >= 4 is 17.4 Å². The number of nitrogens with one attached hydrogen (secondary N) is 1. The molecule has 1 N–H and O–H groups in total. The molecule has 0 unspecified atom stereocenters. The Morgan fingerprint density at radius 2 is 2.31 bits per heavy atom. The van der Waals surface area contributed by atoms with Crippen LogP contribution < -0.4 is 5.32 Å². The fourth-order valence-electron chi connectivity index (χ4n) is 1.37. The molecule has 84 valence electrons. The first-order chi connectivity index (χ1) is 7.74. The molecule has 2 aromatic rings. The molecule has 0 bridgehead atoms. The Bertz CT molecular complexity index is 468. The highest BCUT2D eigenvalue weighted by molar-refractivity contribution is 6.29. The van der Waals surface area contributed by atoms with E-state index in [4.69, 9.17) is 11.6 Å². The molecular weight excluding hydrogens is 226 g/mol. The van der Waals surface area contributed by atoms with Gasteiger partial charge < -0.3 is 5.32 Å². The fraction of sp³-hybridized carbons (Fsp3) is 0.300. The van der Waals surface area contributed by atoms with Crippen molar-refractivity contribution in [2.45, 2.75) is 6.42 Å². The number of halogens is 1. The van der Waals surface area contributed by atoms with E-state index in [1.807, 2.05) is 19.4 Å². The van der Waals surface area contributed by atoms with E-state index in [0.717, 1.165) is 18.8 Å². The van der Waals surface area contributed by atoms with Crippen LogP contribution in [0.4, 0.5) is 5.82 Å². The molecule has 0 aliphatic rings. The molecule has 0 amide bonds. The summed E-state index contributed by atoms with van der Waals surface area (Å²) >= 11 is 5.74. The Hall–Kier alpha value is -1.62. The van der Waals surface area contributed by atoms with E-state index in [2.05, 4.69) is 20.4 Å². The van der Waals surface area contributed by atoms with Crippen molar-refractivity contribution in [1.29, 1.82) is 0 Å². The topological polar surface area (TPSA) is 55.6 Å². The summed E-state index contributed by atoms with van der Waals surface area (Å²) in [6, 6.07) is 1.70. The number of hydrogen-bond donors (Lipinski definition) is 1. The summed E-state index contributed by atoms with van der Waals surface area (Å²) in [4.78, 5) is 7.86. The standard InChI is InChI=1S/C10H12ClN5/c1-16-6-8(5-15-16)2-3-12-10-4-9(11)13-7-14-10/h4-7H,2-3H2,1H3,(H,12,13,14). The first-order valence-electron chi connectivity index (χ1n) is 4.93. The van der Waals surface area contributed by atoms with Crippen LogP contribution in [0.2, 0.25) is 5.15 Å². The van der Waals surface area contributed by atoms with Gasteiger partial charge in [-0.3, -0.25) is 4.68 Å². The van der Waals surface area contributed by atoms with E-state index in [1.165, 1.54) is 11.9 Å². The average molecular weight is 238 g/mol. The molecule has 0 aliphatic carbocycles. The number of aromatic nitrogens is 4. The minimum Gasteiger partial charge on any atom is -0.370 e. The van der Waals surface area contributed by atoms with Crippen LogP contribution in [0, 0.1) is 0 Å². The Kier molecular flexibility index (Phi) is 3.36. The maximum absolute atomic E-state index is 5.74. The zero-order chi connectivity index (χ0) is 11.4. The van der Waals surface area contributed by atoms with E-state index < -0.39 is 0 Å². The molecular formula is C10H12ClN5. The summed E-state index contributed by atoms with van der Waals surface area (Å²) in [7, 11) is 1.90. The first-order valence-corrected chi connectivity index (χ1v) is 5.31. The van der Waals surface area contributed by atoms with Gasteiger partial charge in [0.1, 0.15) is 17.3 Å². The summed E-state index contributed by atoms with van der Waals surface area (Å²) in [5, 5.41) is 7.71. The normalized spacial score (nSPS) is 10.4. The molecule has 0 saturated carbocycles. The summed E-state index contributed by atoms with van der Waals surface area (Å²) in [5.74, 6) is 0.740. The number of aryl methyl sites for hydroxylation is 1.